The lowest BCUT2D eigenvalue weighted by Gasteiger charge is -2.21. The van der Waals surface area contributed by atoms with Gasteiger partial charge in [0.05, 0.1) is 5.02 Å². The lowest BCUT2D eigenvalue weighted by Crippen LogP contribution is -2.13. The Hall–Kier alpha value is -0.800. The fourth-order valence-electron chi connectivity index (χ4n) is 2.72. The number of anilines is 1. The summed E-state index contributed by atoms with van der Waals surface area (Å²) < 4.78 is 0. The molecule has 0 amide bonds. The molecule has 0 unspecified atom stereocenters. The van der Waals surface area contributed by atoms with Crippen molar-refractivity contribution in [1.82, 2.24) is 0 Å². The average molecular weight is 297 g/mol. The van der Waals surface area contributed by atoms with E-state index in [2.05, 4.69) is 5.32 Å². The number of hydrogen-bond donors (Lipinski definition) is 2. The van der Waals surface area contributed by atoms with Crippen LogP contribution in [0.1, 0.15) is 44.1 Å². The Morgan fingerprint density at radius 2 is 2.05 bits per heavy atom. The summed E-state index contributed by atoms with van der Waals surface area (Å²) in [7, 11) is 0. The molecule has 3 N–H and O–H groups in total. The standard InChI is InChI=1S/C15H21ClN2S/c16-14-10-12(6-7-13(14)15(17)19)18-9-8-11-4-2-1-3-5-11/h6-7,10-11,18H,1-5,8-9H2,(H2,17,19). The van der Waals surface area contributed by atoms with Crippen molar-refractivity contribution in [2.75, 3.05) is 11.9 Å². The van der Waals surface area contributed by atoms with Gasteiger partial charge in [0.1, 0.15) is 4.99 Å². The highest BCUT2D eigenvalue weighted by Crippen LogP contribution is 2.26. The largest absolute Gasteiger partial charge is 0.389 e. The van der Waals surface area contributed by atoms with Gasteiger partial charge in [-0.05, 0) is 30.5 Å². The van der Waals surface area contributed by atoms with E-state index in [-0.39, 0.29) is 0 Å². The molecule has 0 aliphatic heterocycles. The number of hydrogen-bond acceptors (Lipinski definition) is 2. The Labute approximate surface area is 125 Å². The molecule has 0 aromatic heterocycles. The molecular formula is C15H21ClN2S. The van der Waals surface area contributed by atoms with Gasteiger partial charge >= 0.3 is 0 Å². The van der Waals surface area contributed by atoms with Crippen molar-refractivity contribution in [2.24, 2.45) is 11.7 Å². The SMILES string of the molecule is NC(=S)c1ccc(NCCC2CCCCC2)cc1Cl. The fraction of sp³-hybridized carbons (Fsp3) is 0.533. The second kappa shape index (κ2) is 7.11. The highest BCUT2D eigenvalue weighted by Gasteiger charge is 2.12. The number of benzene rings is 1. The van der Waals surface area contributed by atoms with Crippen LogP contribution in [0.4, 0.5) is 5.69 Å². The molecule has 2 rings (SSSR count). The monoisotopic (exact) mass is 296 g/mol. The van der Waals surface area contributed by atoms with Crippen molar-refractivity contribution in [3.8, 4) is 0 Å². The van der Waals surface area contributed by atoms with Crippen molar-refractivity contribution in [2.45, 2.75) is 38.5 Å². The summed E-state index contributed by atoms with van der Waals surface area (Å²) >= 11 is 11.1. The zero-order valence-corrected chi connectivity index (χ0v) is 12.7. The molecule has 0 saturated heterocycles. The van der Waals surface area contributed by atoms with Gasteiger partial charge in [0.2, 0.25) is 0 Å². The minimum absolute atomic E-state index is 0.346. The van der Waals surface area contributed by atoms with Crippen LogP contribution in [0.2, 0.25) is 5.02 Å². The van der Waals surface area contributed by atoms with Gasteiger partial charge in [0.15, 0.2) is 0 Å². The third-order valence-corrected chi connectivity index (χ3v) is 4.37. The molecule has 1 saturated carbocycles. The van der Waals surface area contributed by atoms with E-state index in [0.717, 1.165) is 23.7 Å². The summed E-state index contributed by atoms with van der Waals surface area (Å²) in [4.78, 5) is 0.346. The summed E-state index contributed by atoms with van der Waals surface area (Å²) in [6.45, 7) is 1.01. The first-order valence-electron chi connectivity index (χ1n) is 7.00. The van der Waals surface area contributed by atoms with Crippen LogP contribution in [0.15, 0.2) is 18.2 Å². The van der Waals surface area contributed by atoms with E-state index in [1.54, 1.807) is 0 Å². The molecule has 0 bridgehead atoms. The lowest BCUT2D eigenvalue weighted by atomic mass is 9.87. The van der Waals surface area contributed by atoms with E-state index in [9.17, 15) is 0 Å². The quantitative estimate of drug-likeness (QED) is 0.793. The maximum absolute atomic E-state index is 6.14. The van der Waals surface area contributed by atoms with Crippen molar-refractivity contribution < 1.29 is 0 Å². The second-order valence-electron chi connectivity index (χ2n) is 5.28. The summed E-state index contributed by atoms with van der Waals surface area (Å²) in [5, 5.41) is 4.05. The van der Waals surface area contributed by atoms with E-state index in [0.29, 0.717) is 10.0 Å². The molecule has 1 fully saturated rings. The van der Waals surface area contributed by atoms with Gasteiger partial charge in [-0.1, -0.05) is 55.9 Å². The van der Waals surface area contributed by atoms with Crippen LogP contribution in [-0.2, 0) is 0 Å². The third kappa shape index (κ3) is 4.36. The minimum atomic E-state index is 0.346. The molecule has 1 aliphatic rings. The van der Waals surface area contributed by atoms with Gasteiger partial charge in [-0.15, -0.1) is 0 Å². The van der Waals surface area contributed by atoms with Crippen LogP contribution in [0, 0.1) is 5.92 Å². The topological polar surface area (TPSA) is 38.0 Å². The average Bonchev–Trinajstić information content (AvgIpc) is 2.39. The molecule has 0 atom stereocenters. The van der Waals surface area contributed by atoms with Crippen molar-refractivity contribution in [1.29, 1.82) is 0 Å². The van der Waals surface area contributed by atoms with Gasteiger partial charge in [0.25, 0.3) is 0 Å². The van der Waals surface area contributed by atoms with Crippen LogP contribution in [0.25, 0.3) is 0 Å². The van der Waals surface area contributed by atoms with Gasteiger partial charge in [-0.25, -0.2) is 0 Å². The summed E-state index contributed by atoms with van der Waals surface area (Å²) in [5.74, 6) is 0.896. The zero-order chi connectivity index (χ0) is 13.7. The van der Waals surface area contributed by atoms with Crippen LogP contribution >= 0.6 is 23.8 Å². The first kappa shape index (κ1) is 14.6. The Kier molecular flexibility index (Phi) is 5.46. The summed E-state index contributed by atoms with van der Waals surface area (Å²) in [6, 6.07) is 5.77. The molecule has 1 aliphatic carbocycles. The molecule has 1 aromatic rings. The first-order chi connectivity index (χ1) is 9.16. The van der Waals surface area contributed by atoms with E-state index in [1.165, 1.54) is 38.5 Å². The maximum Gasteiger partial charge on any atom is 0.105 e. The van der Waals surface area contributed by atoms with Gasteiger partial charge < -0.3 is 11.1 Å². The third-order valence-electron chi connectivity index (χ3n) is 3.84. The van der Waals surface area contributed by atoms with E-state index in [1.807, 2.05) is 18.2 Å². The molecule has 104 valence electrons. The molecule has 1 aromatic carbocycles. The molecule has 0 radical (unpaired) electrons. The molecule has 0 heterocycles. The van der Waals surface area contributed by atoms with Gasteiger partial charge in [-0.2, -0.15) is 0 Å². The first-order valence-corrected chi connectivity index (χ1v) is 7.78. The van der Waals surface area contributed by atoms with E-state index < -0.39 is 0 Å². The lowest BCUT2D eigenvalue weighted by molar-refractivity contribution is 0.345. The van der Waals surface area contributed by atoms with Crippen LogP contribution in [-0.4, -0.2) is 11.5 Å². The number of halogens is 1. The Morgan fingerprint density at radius 3 is 2.68 bits per heavy atom. The molecule has 4 heteroatoms. The van der Waals surface area contributed by atoms with Crippen molar-refractivity contribution in [3.63, 3.8) is 0 Å². The van der Waals surface area contributed by atoms with Gasteiger partial charge in [0, 0.05) is 17.8 Å². The van der Waals surface area contributed by atoms with Crippen molar-refractivity contribution in [3.05, 3.63) is 28.8 Å². The predicted octanol–water partition coefficient (Wildman–Crippen LogP) is 4.36. The molecule has 2 nitrogen and oxygen atoms in total. The molecular weight excluding hydrogens is 276 g/mol. The molecule has 0 spiro atoms. The fourth-order valence-corrected chi connectivity index (χ4v) is 3.24. The summed E-state index contributed by atoms with van der Waals surface area (Å²) in [6.07, 6.45) is 8.25. The summed E-state index contributed by atoms with van der Waals surface area (Å²) in [5.41, 5.74) is 7.38. The van der Waals surface area contributed by atoms with Gasteiger partial charge in [-0.3, -0.25) is 0 Å². The Morgan fingerprint density at radius 1 is 1.32 bits per heavy atom. The number of nitrogens with two attached hydrogens (primary N) is 1. The van der Waals surface area contributed by atoms with Crippen LogP contribution in [0.3, 0.4) is 0 Å². The van der Waals surface area contributed by atoms with Crippen LogP contribution in [0.5, 0.6) is 0 Å². The Balaban J connectivity index is 1.82. The number of rotatable bonds is 5. The predicted molar refractivity (Wildman–Crippen MR) is 87.0 cm³/mol. The Bertz CT molecular complexity index is 442. The number of thiocarbonyl (C=S) groups is 1. The number of nitrogens with one attached hydrogen (secondary N) is 1. The van der Waals surface area contributed by atoms with E-state index >= 15 is 0 Å². The normalized spacial score (nSPS) is 16.3. The van der Waals surface area contributed by atoms with Crippen LogP contribution < -0.4 is 11.1 Å². The smallest absolute Gasteiger partial charge is 0.105 e. The second-order valence-corrected chi connectivity index (χ2v) is 6.13. The maximum atomic E-state index is 6.14. The zero-order valence-electron chi connectivity index (χ0n) is 11.1. The van der Waals surface area contributed by atoms with Crippen molar-refractivity contribution >= 4 is 34.5 Å². The highest BCUT2D eigenvalue weighted by molar-refractivity contribution is 7.80. The highest BCUT2D eigenvalue weighted by atomic mass is 35.5. The minimum Gasteiger partial charge on any atom is -0.389 e. The molecule has 19 heavy (non-hydrogen) atoms. The van der Waals surface area contributed by atoms with E-state index in [4.69, 9.17) is 29.6 Å².